The largest absolute Gasteiger partial charge is 0.463 e. The number of hydrogen-bond acceptors (Lipinski definition) is 11. The minimum Gasteiger partial charge on any atom is -0.463 e. The molecule has 0 bridgehead atoms. The maximum atomic E-state index is 12.5. The zero-order chi connectivity index (χ0) is 27.7. The Hall–Kier alpha value is -3.58. The van der Waals surface area contributed by atoms with Crippen LogP contribution in [0.25, 0.3) is 0 Å². The fraction of sp³-hybridized carbons (Fsp3) is 0.500. The number of ketones is 1. The molecule has 1 saturated heterocycles. The molecule has 2 N–H and O–H groups in total. The molecule has 1 aliphatic heterocycles. The monoisotopic (exact) mass is 538 g/mol. The molecular weight excluding hydrogens is 508 g/mol. The molecule has 1 fully saturated rings. The molecule has 0 aromatic heterocycles. The van der Waals surface area contributed by atoms with Gasteiger partial charge in [-0.1, -0.05) is 29.8 Å². The average Bonchev–Trinajstić information content (AvgIpc) is 2.79. The molecule has 5 unspecified atom stereocenters. The van der Waals surface area contributed by atoms with E-state index in [2.05, 4.69) is 10.6 Å². The zero-order valence-electron chi connectivity index (χ0n) is 21.1. The van der Waals surface area contributed by atoms with Crippen molar-refractivity contribution >= 4 is 47.0 Å². The van der Waals surface area contributed by atoms with Gasteiger partial charge in [0.05, 0.1) is 6.54 Å². The predicted octanol–water partition coefficient (Wildman–Crippen LogP) is 0.725. The van der Waals surface area contributed by atoms with Gasteiger partial charge in [-0.05, 0) is 19.1 Å². The van der Waals surface area contributed by atoms with Crippen LogP contribution in [0.5, 0.6) is 0 Å². The number of thiocarbonyl (C=S) groups is 1. The van der Waals surface area contributed by atoms with Gasteiger partial charge in [0.15, 0.2) is 23.1 Å². The lowest BCUT2D eigenvalue weighted by Crippen LogP contribution is -2.67. The second-order valence-electron chi connectivity index (χ2n) is 8.25. The van der Waals surface area contributed by atoms with Gasteiger partial charge in [-0.3, -0.25) is 24.0 Å². The van der Waals surface area contributed by atoms with E-state index in [1.54, 1.807) is 24.3 Å². The zero-order valence-corrected chi connectivity index (χ0v) is 21.9. The summed E-state index contributed by atoms with van der Waals surface area (Å²) in [6.07, 6.45) is -5.10. The quantitative estimate of drug-likeness (QED) is 0.196. The predicted molar refractivity (Wildman–Crippen MR) is 131 cm³/mol. The molecule has 202 valence electrons. The Bertz CT molecular complexity index is 1030. The molecular formula is C24H30N2O10S. The molecule has 13 heteroatoms. The molecule has 1 heterocycles. The lowest BCUT2D eigenvalue weighted by molar-refractivity contribution is -0.269. The lowest BCUT2D eigenvalue weighted by atomic mass is 9.96. The van der Waals surface area contributed by atoms with Crippen LogP contribution in [0, 0.1) is 6.92 Å². The Morgan fingerprint density at radius 1 is 0.865 bits per heavy atom. The topological polar surface area (TPSA) is 156 Å². The molecule has 2 rings (SSSR count). The second kappa shape index (κ2) is 13.7. The van der Waals surface area contributed by atoms with Crippen LogP contribution in [0.3, 0.4) is 0 Å². The summed E-state index contributed by atoms with van der Waals surface area (Å²) < 4.78 is 26.8. The Kier molecular flexibility index (Phi) is 10.9. The molecule has 1 aromatic carbocycles. The maximum Gasteiger partial charge on any atom is 0.305 e. The summed E-state index contributed by atoms with van der Waals surface area (Å²) in [5.41, 5.74) is 1.47. The third-order valence-corrected chi connectivity index (χ3v) is 5.33. The number of Topliss-reactive ketones (excluding diaryl/α,β-unsaturated/α-hetero) is 1. The first-order valence-corrected chi connectivity index (χ1v) is 11.7. The van der Waals surface area contributed by atoms with Gasteiger partial charge in [-0.2, -0.15) is 0 Å². The highest BCUT2D eigenvalue weighted by atomic mass is 32.1. The van der Waals surface area contributed by atoms with Crippen molar-refractivity contribution in [3.63, 3.8) is 0 Å². The van der Waals surface area contributed by atoms with E-state index in [0.717, 1.165) is 26.3 Å². The minimum absolute atomic E-state index is 0.0524. The second-order valence-corrected chi connectivity index (χ2v) is 8.65. The van der Waals surface area contributed by atoms with Crippen LogP contribution >= 0.6 is 12.2 Å². The number of carbonyl (C=O) groups excluding carboxylic acids is 5. The number of rotatable bonds is 9. The number of ether oxygens (including phenoxy) is 5. The number of esters is 4. The normalized spacial score (nSPS) is 22.7. The molecule has 0 saturated carbocycles. The SMILES string of the molecule is CC(=O)OCC1OC(OC(C)=O)C(NC(=S)NCC(=O)c2ccc(C)cc2)C(OC(C)=O)C1OC(C)=O. The highest BCUT2D eigenvalue weighted by molar-refractivity contribution is 7.80. The number of nitrogens with one attached hydrogen (secondary N) is 2. The van der Waals surface area contributed by atoms with Gasteiger partial charge >= 0.3 is 23.9 Å². The van der Waals surface area contributed by atoms with Crippen molar-refractivity contribution in [3.8, 4) is 0 Å². The summed E-state index contributed by atoms with van der Waals surface area (Å²) in [7, 11) is 0. The Balaban J connectivity index is 2.27. The third kappa shape index (κ3) is 9.42. The molecule has 1 aliphatic rings. The van der Waals surface area contributed by atoms with Crippen LogP contribution in [0.15, 0.2) is 24.3 Å². The van der Waals surface area contributed by atoms with Crippen molar-refractivity contribution in [2.24, 2.45) is 0 Å². The van der Waals surface area contributed by atoms with E-state index in [-0.39, 0.29) is 24.0 Å². The van der Waals surface area contributed by atoms with E-state index in [4.69, 9.17) is 35.9 Å². The van der Waals surface area contributed by atoms with Crippen molar-refractivity contribution in [2.45, 2.75) is 65.3 Å². The van der Waals surface area contributed by atoms with Gasteiger partial charge in [0.25, 0.3) is 0 Å². The number of carbonyl (C=O) groups is 5. The average molecular weight is 539 g/mol. The number of aryl methyl sites for hydroxylation is 1. The summed E-state index contributed by atoms with van der Waals surface area (Å²) in [6, 6.07) is 5.81. The van der Waals surface area contributed by atoms with Gasteiger partial charge in [0.2, 0.25) is 6.29 Å². The van der Waals surface area contributed by atoms with Crippen molar-refractivity contribution in [3.05, 3.63) is 35.4 Å². The van der Waals surface area contributed by atoms with E-state index in [1.807, 2.05) is 6.92 Å². The summed E-state index contributed by atoms with van der Waals surface area (Å²) in [5.74, 6) is -3.08. The van der Waals surface area contributed by atoms with Crippen LogP contribution in [0.4, 0.5) is 0 Å². The van der Waals surface area contributed by atoms with Crippen molar-refractivity contribution in [1.29, 1.82) is 0 Å². The van der Waals surface area contributed by atoms with E-state index < -0.39 is 54.5 Å². The molecule has 37 heavy (non-hydrogen) atoms. The minimum atomic E-state index is -1.40. The van der Waals surface area contributed by atoms with Gasteiger partial charge < -0.3 is 34.3 Å². The van der Waals surface area contributed by atoms with E-state index in [0.29, 0.717) is 5.56 Å². The first-order valence-electron chi connectivity index (χ1n) is 11.3. The first-order chi connectivity index (χ1) is 17.4. The van der Waals surface area contributed by atoms with Gasteiger partial charge in [0.1, 0.15) is 18.8 Å². The van der Waals surface area contributed by atoms with E-state index in [9.17, 15) is 24.0 Å². The van der Waals surface area contributed by atoms with Crippen molar-refractivity contribution in [1.82, 2.24) is 10.6 Å². The van der Waals surface area contributed by atoms with E-state index >= 15 is 0 Å². The van der Waals surface area contributed by atoms with Crippen molar-refractivity contribution < 1.29 is 47.7 Å². The fourth-order valence-corrected chi connectivity index (χ4v) is 3.73. The molecule has 5 atom stereocenters. The van der Waals surface area contributed by atoms with Crippen LogP contribution in [0.1, 0.15) is 43.6 Å². The van der Waals surface area contributed by atoms with Crippen LogP contribution in [0.2, 0.25) is 0 Å². The molecule has 0 radical (unpaired) electrons. The van der Waals surface area contributed by atoms with Gasteiger partial charge in [0, 0.05) is 33.3 Å². The Morgan fingerprint density at radius 2 is 1.43 bits per heavy atom. The van der Waals surface area contributed by atoms with Gasteiger partial charge in [-0.15, -0.1) is 0 Å². The van der Waals surface area contributed by atoms with E-state index in [1.165, 1.54) is 6.92 Å². The Labute approximate surface area is 219 Å². The molecule has 0 spiro atoms. The summed E-state index contributed by atoms with van der Waals surface area (Å²) in [4.78, 5) is 59.5. The molecule has 1 aromatic rings. The number of benzene rings is 1. The maximum absolute atomic E-state index is 12.5. The highest BCUT2D eigenvalue weighted by Crippen LogP contribution is 2.28. The Morgan fingerprint density at radius 3 is 1.97 bits per heavy atom. The lowest BCUT2D eigenvalue weighted by Gasteiger charge is -2.44. The summed E-state index contributed by atoms with van der Waals surface area (Å²) in [6.45, 7) is 5.93. The summed E-state index contributed by atoms with van der Waals surface area (Å²) in [5, 5.41) is 5.53. The van der Waals surface area contributed by atoms with Gasteiger partial charge in [-0.25, -0.2) is 0 Å². The van der Waals surface area contributed by atoms with Crippen molar-refractivity contribution in [2.75, 3.05) is 13.2 Å². The first kappa shape index (κ1) is 29.6. The van der Waals surface area contributed by atoms with Crippen LogP contribution in [-0.4, -0.2) is 78.6 Å². The molecule has 12 nitrogen and oxygen atoms in total. The molecule has 0 amide bonds. The molecule has 0 aliphatic carbocycles. The van der Waals surface area contributed by atoms with Crippen LogP contribution < -0.4 is 10.6 Å². The van der Waals surface area contributed by atoms with Crippen LogP contribution in [-0.2, 0) is 42.9 Å². The smallest absolute Gasteiger partial charge is 0.305 e. The third-order valence-electron chi connectivity index (χ3n) is 5.06. The number of hydrogen-bond donors (Lipinski definition) is 2. The highest BCUT2D eigenvalue weighted by Gasteiger charge is 2.52. The fourth-order valence-electron chi connectivity index (χ4n) is 3.52. The standard InChI is InChI=1S/C24H30N2O10S/c1-12-6-8-17(9-7-12)18(31)10-25-24(37)26-20-22(34-15(4)29)21(33-14(3)28)19(11-32-13(2)27)36-23(20)35-16(5)30/h6-9,19-23H,10-11H2,1-5H3,(H2,25,26,37). The summed E-state index contributed by atoms with van der Waals surface area (Å²) >= 11 is 5.31.